The molecule has 2 aromatic carbocycles. The molecule has 0 radical (unpaired) electrons. The summed E-state index contributed by atoms with van der Waals surface area (Å²) in [6.45, 7) is 2.46. The van der Waals surface area contributed by atoms with Crippen LogP contribution in [0.15, 0.2) is 65.3 Å². The standard InChI is InChI=1S/C24H21FN4O3/c1-15-19(31-24-28-18-9-2-3-10-20(18)32-24)11-5-14-29(15)23(30)16-7-4-8-17(25)21(16)22-26-12-6-13-27-22/h2-4,6-10,12-13,15,19H,5,11,14H2,1H3/t15-,19+/m0/s1. The molecule has 1 saturated heterocycles. The summed E-state index contributed by atoms with van der Waals surface area (Å²) in [5.74, 6) is -0.644. The van der Waals surface area contributed by atoms with Gasteiger partial charge in [-0.2, -0.15) is 4.98 Å². The Morgan fingerprint density at radius 3 is 2.75 bits per heavy atom. The van der Waals surface area contributed by atoms with Crippen molar-refractivity contribution in [2.45, 2.75) is 31.9 Å². The first kappa shape index (κ1) is 20.1. The summed E-state index contributed by atoms with van der Waals surface area (Å²) in [6, 6.07) is 13.2. The highest BCUT2D eigenvalue weighted by Crippen LogP contribution is 2.30. The number of carbonyl (C=O) groups excluding carboxylic acids is 1. The van der Waals surface area contributed by atoms with Crippen LogP contribution < -0.4 is 4.74 Å². The molecule has 0 aliphatic carbocycles. The van der Waals surface area contributed by atoms with E-state index >= 15 is 0 Å². The second kappa shape index (κ2) is 8.37. The first-order chi connectivity index (χ1) is 15.6. The third-order valence-electron chi connectivity index (χ3n) is 5.74. The molecule has 8 heteroatoms. The molecule has 32 heavy (non-hydrogen) atoms. The summed E-state index contributed by atoms with van der Waals surface area (Å²) >= 11 is 0. The molecule has 1 amide bonds. The van der Waals surface area contributed by atoms with Gasteiger partial charge in [0.25, 0.3) is 5.91 Å². The molecule has 1 aliphatic heterocycles. The monoisotopic (exact) mass is 432 g/mol. The Morgan fingerprint density at radius 2 is 1.94 bits per heavy atom. The zero-order chi connectivity index (χ0) is 22.1. The van der Waals surface area contributed by atoms with Crippen molar-refractivity contribution in [3.63, 3.8) is 0 Å². The minimum atomic E-state index is -0.536. The van der Waals surface area contributed by atoms with Gasteiger partial charge in [-0.15, -0.1) is 0 Å². The van der Waals surface area contributed by atoms with Gasteiger partial charge in [-0.05, 0) is 50.1 Å². The average molecular weight is 432 g/mol. The molecule has 4 aromatic rings. The van der Waals surface area contributed by atoms with Crippen LogP contribution in [0.4, 0.5) is 4.39 Å². The summed E-state index contributed by atoms with van der Waals surface area (Å²) in [5, 5.41) is 0. The van der Waals surface area contributed by atoms with Crippen molar-refractivity contribution >= 4 is 17.0 Å². The summed E-state index contributed by atoms with van der Waals surface area (Å²) < 4.78 is 26.5. The van der Waals surface area contributed by atoms with E-state index in [-0.39, 0.29) is 41.1 Å². The maximum atomic E-state index is 14.7. The lowest BCUT2D eigenvalue weighted by Gasteiger charge is -2.38. The van der Waals surface area contributed by atoms with Gasteiger partial charge >= 0.3 is 6.08 Å². The lowest BCUT2D eigenvalue weighted by Crippen LogP contribution is -2.51. The summed E-state index contributed by atoms with van der Waals surface area (Å²) in [7, 11) is 0. The van der Waals surface area contributed by atoms with E-state index in [2.05, 4.69) is 15.0 Å². The molecular weight excluding hydrogens is 411 g/mol. The van der Waals surface area contributed by atoms with Gasteiger partial charge in [-0.1, -0.05) is 18.2 Å². The van der Waals surface area contributed by atoms with Gasteiger partial charge in [0.2, 0.25) is 0 Å². The number of hydrogen-bond acceptors (Lipinski definition) is 6. The van der Waals surface area contributed by atoms with Crippen molar-refractivity contribution in [2.24, 2.45) is 0 Å². The third kappa shape index (κ3) is 3.68. The summed E-state index contributed by atoms with van der Waals surface area (Å²) in [5.41, 5.74) is 1.69. The molecular formula is C24H21FN4O3. The predicted molar refractivity (Wildman–Crippen MR) is 116 cm³/mol. The Bertz CT molecular complexity index is 1230. The molecule has 0 N–H and O–H groups in total. The zero-order valence-electron chi connectivity index (χ0n) is 17.4. The Morgan fingerprint density at radius 1 is 1.12 bits per heavy atom. The van der Waals surface area contributed by atoms with Crippen LogP contribution in [0.1, 0.15) is 30.1 Å². The number of fused-ring (bicyclic) bond motifs is 1. The number of para-hydroxylation sites is 2. The van der Waals surface area contributed by atoms with E-state index in [0.717, 1.165) is 12.8 Å². The second-order valence-corrected chi connectivity index (χ2v) is 7.72. The topological polar surface area (TPSA) is 81.4 Å². The fourth-order valence-corrected chi connectivity index (χ4v) is 4.10. The van der Waals surface area contributed by atoms with Crippen molar-refractivity contribution in [3.8, 4) is 17.5 Å². The number of benzene rings is 2. The number of carbonyl (C=O) groups is 1. The van der Waals surface area contributed by atoms with Crippen LogP contribution >= 0.6 is 0 Å². The van der Waals surface area contributed by atoms with Crippen molar-refractivity contribution in [3.05, 3.63) is 72.3 Å². The predicted octanol–water partition coefficient (Wildman–Crippen LogP) is 4.50. The van der Waals surface area contributed by atoms with Crippen LogP contribution in [0.2, 0.25) is 0 Å². The van der Waals surface area contributed by atoms with Crippen molar-refractivity contribution in [2.75, 3.05) is 6.54 Å². The third-order valence-corrected chi connectivity index (χ3v) is 5.74. The van der Waals surface area contributed by atoms with E-state index in [1.807, 2.05) is 31.2 Å². The molecule has 0 bridgehead atoms. The van der Waals surface area contributed by atoms with Gasteiger partial charge in [-0.3, -0.25) is 4.79 Å². The first-order valence-corrected chi connectivity index (χ1v) is 10.5. The van der Waals surface area contributed by atoms with Gasteiger partial charge in [0.1, 0.15) is 17.4 Å². The number of ether oxygens (including phenoxy) is 1. The van der Waals surface area contributed by atoms with Gasteiger partial charge < -0.3 is 14.1 Å². The van der Waals surface area contributed by atoms with Crippen molar-refractivity contribution < 1.29 is 18.3 Å². The van der Waals surface area contributed by atoms with Crippen LogP contribution in [0.3, 0.4) is 0 Å². The van der Waals surface area contributed by atoms with E-state index in [9.17, 15) is 9.18 Å². The van der Waals surface area contributed by atoms with E-state index in [1.54, 1.807) is 17.0 Å². The lowest BCUT2D eigenvalue weighted by atomic mass is 9.97. The van der Waals surface area contributed by atoms with Crippen LogP contribution in [0, 0.1) is 5.82 Å². The molecule has 162 valence electrons. The first-order valence-electron chi connectivity index (χ1n) is 10.5. The normalized spacial score (nSPS) is 18.6. The molecule has 1 aliphatic rings. The van der Waals surface area contributed by atoms with E-state index in [1.165, 1.54) is 24.5 Å². The molecule has 3 heterocycles. The minimum absolute atomic E-state index is 0.104. The maximum Gasteiger partial charge on any atom is 0.394 e. The highest BCUT2D eigenvalue weighted by Gasteiger charge is 2.35. The minimum Gasteiger partial charge on any atom is -0.445 e. The number of amides is 1. The number of piperidine rings is 1. The van der Waals surface area contributed by atoms with Crippen molar-refractivity contribution in [1.82, 2.24) is 19.9 Å². The number of rotatable bonds is 4. The van der Waals surface area contributed by atoms with Gasteiger partial charge in [-0.25, -0.2) is 14.4 Å². The average Bonchev–Trinajstić information content (AvgIpc) is 3.23. The fraction of sp³-hybridized carbons (Fsp3) is 0.250. The highest BCUT2D eigenvalue weighted by molar-refractivity contribution is 6.00. The Balaban J connectivity index is 1.41. The van der Waals surface area contributed by atoms with Gasteiger partial charge in [0, 0.05) is 18.9 Å². The number of likely N-dealkylation sites (tertiary alicyclic amines) is 1. The fourth-order valence-electron chi connectivity index (χ4n) is 4.10. The smallest absolute Gasteiger partial charge is 0.394 e. The molecule has 0 unspecified atom stereocenters. The Labute approximate surface area is 183 Å². The Kier molecular flexibility index (Phi) is 5.26. The summed E-state index contributed by atoms with van der Waals surface area (Å²) in [6.07, 6.45) is 4.43. The lowest BCUT2D eigenvalue weighted by molar-refractivity contribution is 0.0180. The molecule has 5 rings (SSSR count). The SMILES string of the molecule is C[C@H]1[C@H](Oc2nc3ccccc3o2)CCCN1C(=O)c1cccc(F)c1-c1ncccn1. The Hall–Kier alpha value is -3.81. The van der Waals surface area contributed by atoms with Crippen LogP contribution in [-0.2, 0) is 0 Å². The van der Waals surface area contributed by atoms with Crippen LogP contribution in [-0.4, -0.2) is 44.4 Å². The highest BCUT2D eigenvalue weighted by atomic mass is 19.1. The number of halogens is 1. The number of aromatic nitrogens is 3. The van der Waals surface area contributed by atoms with Gasteiger partial charge in [0.05, 0.1) is 17.2 Å². The maximum absolute atomic E-state index is 14.7. The van der Waals surface area contributed by atoms with E-state index in [4.69, 9.17) is 9.15 Å². The molecule has 1 fully saturated rings. The second-order valence-electron chi connectivity index (χ2n) is 7.72. The summed E-state index contributed by atoms with van der Waals surface area (Å²) in [4.78, 5) is 27.9. The molecule has 2 atom stereocenters. The largest absolute Gasteiger partial charge is 0.445 e. The number of oxazole rings is 1. The van der Waals surface area contributed by atoms with Crippen molar-refractivity contribution in [1.29, 1.82) is 0 Å². The molecule has 2 aromatic heterocycles. The molecule has 0 spiro atoms. The number of hydrogen-bond donors (Lipinski definition) is 0. The van der Waals surface area contributed by atoms with E-state index in [0.29, 0.717) is 17.6 Å². The van der Waals surface area contributed by atoms with Crippen LogP contribution in [0.25, 0.3) is 22.5 Å². The van der Waals surface area contributed by atoms with Crippen LogP contribution in [0.5, 0.6) is 6.08 Å². The molecule has 0 saturated carbocycles. The van der Waals surface area contributed by atoms with E-state index < -0.39 is 5.82 Å². The quantitative estimate of drug-likeness (QED) is 0.472. The number of nitrogens with zero attached hydrogens (tertiary/aromatic N) is 4. The zero-order valence-corrected chi connectivity index (χ0v) is 17.4. The van der Waals surface area contributed by atoms with Gasteiger partial charge in [0.15, 0.2) is 11.4 Å². The molecule has 7 nitrogen and oxygen atoms in total.